The molecule has 1 heterocycles. The Labute approximate surface area is 194 Å². The zero-order valence-electron chi connectivity index (χ0n) is 20.7. The summed E-state index contributed by atoms with van der Waals surface area (Å²) in [5.74, 6) is 0.831. The van der Waals surface area contributed by atoms with E-state index >= 15 is 0 Å². The Kier molecular flexibility index (Phi) is 6.07. The van der Waals surface area contributed by atoms with E-state index in [1.54, 1.807) is 0 Å². The van der Waals surface area contributed by atoms with Crippen LogP contribution in [-0.2, 0) is 6.54 Å². The Morgan fingerprint density at radius 3 is 2.56 bits per heavy atom. The Bertz CT molecular complexity index is 1160. The summed E-state index contributed by atoms with van der Waals surface area (Å²) in [7, 11) is 0. The van der Waals surface area contributed by atoms with E-state index in [1.165, 1.54) is 39.1 Å². The van der Waals surface area contributed by atoms with Gasteiger partial charge in [-0.15, -0.1) is 0 Å². The van der Waals surface area contributed by atoms with Crippen molar-refractivity contribution < 1.29 is 4.57 Å². The summed E-state index contributed by atoms with van der Waals surface area (Å²) in [4.78, 5) is 4.89. The number of hydrogen-bond donors (Lipinski definition) is 0. The molecule has 0 aliphatic heterocycles. The normalized spacial score (nSPS) is 20.4. The highest BCUT2D eigenvalue weighted by Crippen LogP contribution is 2.48. The largest absolute Gasteiger partial charge is 0.287 e. The minimum atomic E-state index is 0.102. The fourth-order valence-corrected chi connectivity index (χ4v) is 5.05. The highest BCUT2D eigenvalue weighted by atomic mass is 15.0. The van der Waals surface area contributed by atoms with Crippen molar-refractivity contribution in [1.29, 1.82) is 0 Å². The minimum absolute atomic E-state index is 0.102. The molecular formula is C30H37N2+. The predicted molar refractivity (Wildman–Crippen MR) is 135 cm³/mol. The lowest BCUT2D eigenvalue weighted by Crippen LogP contribution is -2.40. The third kappa shape index (κ3) is 3.92. The second kappa shape index (κ2) is 8.65. The van der Waals surface area contributed by atoms with E-state index in [1.807, 2.05) is 6.33 Å². The molecule has 0 bridgehead atoms. The molecular weight excluding hydrogens is 388 g/mol. The van der Waals surface area contributed by atoms with Crippen LogP contribution in [0.2, 0.25) is 0 Å². The Hall–Kier alpha value is -2.74. The van der Waals surface area contributed by atoms with Crippen LogP contribution in [0.4, 0.5) is 0 Å². The fraction of sp³-hybridized carbons (Fsp3) is 0.400. The van der Waals surface area contributed by atoms with Gasteiger partial charge in [0.05, 0.1) is 6.54 Å². The third-order valence-corrected chi connectivity index (χ3v) is 7.52. The third-order valence-electron chi connectivity index (χ3n) is 7.52. The quantitative estimate of drug-likeness (QED) is 0.464. The summed E-state index contributed by atoms with van der Waals surface area (Å²) in [5, 5.41) is 0. The Morgan fingerprint density at radius 1 is 1.06 bits per heavy atom. The zero-order valence-corrected chi connectivity index (χ0v) is 20.7. The van der Waals surface area contributed by atoms with Crippen molar-refractivity contribution in [2.24, 2.45) is 17.3 Å². The molecule has 1 aromatic carbocycles. The number of hydrogen-bond acceptors (Lipinski definition) is 1. The second-order valence-corrected chi connectivity index (χ2v) is 10.0. The van der Waals surface area contributed by atoms with Crippen molar-refractivity contribution in [3.05, 3.63) is 88.9 Å². The summed E-state index contributed by atoms with van der Waals surface area (Å²) in [6, 6.07) is 8.98. The van der Waals surface area contributed by atoms with E-state index in [9.17, 15) is 0 Å². The first-order valence-corrected chi connectivity index (χ1v) is 12.1. The van der Waals surface area contributed by atoms with Crippen LogP contribution in [0.25, 0.3) is 16.8 Å². The van der Waals surface area contributed by atoms with E-state index in [4.69, 9.17) is 4.98 Å². The SMILES string of the molecule is CC[n+]1cnc(-c2cc(C)ccc2C)cc1C1=C(C(C)(C)CC)C=C2C=CC=CC2C1C. The van der Waals surface area contributed by atoms with Gasteiger partial charge in [-0.3, -0.25) is 0 Å². The number of aromatic nitrogens is 2. The highest BCUT2D eigenvalue weighted by molar-refractivity contribution is 5.76. The van der Waals surface area contributed by atoms with E-state index in [0.29, 0.717) is 11.8 Å². The van der Waals surface area contributed by atoms with Crippen molar-refractivity contribution in [3.63, 3.8) is 0 Å². The molecule has 2 aliphatic carbocycles. The molecule has 1 aromatic heterocycles. The Balaban J connectivity index is 2.00. The first-order valence-electron chi connectivity index (χ1n) is 12.1. The Morgan fingerprint density at radius 2 is 1.84 bits per heavy atom. The second-order valence-electron chi connectivity index (χ2n) is 10.0. The molecule has 2 aliphatic rings. The van der Waals surface area contributed by atoms with E-state index < -0.39 is 0 Å². The number of nitrogens with zero attached hydrogens (tertiary/aromatic N) is 2. The van der Waals surface area contributed by atoms with Gasteiger partial charge in [0, 0.05) is 23.1 Å². The molecule has 0 radical (unpaired) electrons. The first kappa shape index (κ1) is 22.5. The summed E-state index contributed by atoms with van der Waals surface area (Å²) in [5.41, 5.74) is 10.6. The summed E-state index contributed by atoms with van der Waals surface area (Å²) in [6.07, 6.45) is 14.7. The minimum Gasteiger partial charge on any atom is -0.230 e. The lowest BCUT2D eigenvalue weighted by Gasteiger charge is -2.38. The molecule has 4 rings (SSSR count). The zero-order chi connectivity index (χ0) is 23.0. The maximum Gasteiger partial charge on any atom is 0.287 e. The summed E-state index contributed by atoms with van der Waals surface area (Å²) >= 11 is 0. The van der Waals surface area contributed by atoms with Crippen LogP contribution in [0, 0.1) is 31.1 Å². The lowest BCUT2D eigenvalue weighted by molar-refractivity contribution is -0.698. The molecule has 2 nitrogen and oxygen atoms in total. The standard InChI is InChI=1S/C30H37N2/c1-8-30(6,7)26-17-23-12-10-11-13-24(23)22(5)29(26)28-18-27(31-19-32(28)9-2)25-16-20(3)14-15-21(25)4/h10-19,22,24H,8-9H2,1-7H3/q+1. The van der Waals surface area contributed by atoms with Gasteiger partial charge in [-0.25, -0.2) is 4.57 Å². The van der Waals surface area contributed by atoms with E-state index in [-0.39, 0.29) is 5.41 Å². The molecule has 166 valence electrons. The van der Waals surface area contributed by atoms with Crippen molar-refractivity contribution in [3.8, 4) is 11.3 Å². The lowest BCUT2D eigenvalue weighted by atomic mass is 9.66. The van der Waals surface area contributed by atoms with Crippen LogP contribution in [-0.4, -0.2) is 4.98 Å². The van der Waals surface area contributed by atoms with Gasteiger partial charge in [0.1, 0.15) is 5.69 Å². The highest BCUT2D eigenvalue weighted by Gasteiger charge is 2.37. The number of rotatable bonds is 5. The van der Waals surface area contributed by atoms with Crippen LogP contribution in [0.15, 0.2) is 72.1 Å². The van der Waals surface area contributed by atoms with Crippen LogP contribution in [0.5, 0.6) is 0 Å². The molecule has 0 saturated heterocycles. The average molecular weight is 426 g/mol. The van der Waals surface area contributed by atoms with Crippen LogP contribution in [0.3, 0.4) is 0 Å². The first-order chi connectivity index (χ1) is 15.3. The van der Waals surface area contributed by atoms with Gasteiger partial charge in [0.15, 0.2) is 5.69 Å². The van der Waals surface area contributed by atoms with Crippen molar-refractivity contribution in [2.45, 2.75) is 61.4 Å². The maximum absolute atomic E-state index is 4.89. The number of aryl methyl sites for hydroxylation is 3. The molecule has 32 heavy (non-hydrogen) atoms. The van der Waals surface area contributed by atoms with Crippen LogP contribution < -0.4 is 4.57 Å². The van der Waals surface area contributed by atoms with Gasteiger partial charge < -0.3 is 0 Å². The molecule has 2 atom stereocenters. The molecule has 0 spiro atoms. The summed E-state index contributed by atoms with van der Waals surface area (Å²) < 4.78 is 2.33. The smallest absolute Gasteiger partial charge is 0.230 e. The maximum atomic E-state index is 4.89. The van der Waals surface area contributed by atoms with Gasteiger partial charge in [-0.1, -0.05) is 75.8 Å². The molecule has 2 unspecified atom stereocenters. The molecule has 2 heteroatoms. The van der Waals surface area contributed by atoms with Crippen LogP contribution in [0.1, 0.15) is 57.9 Å². The van der Waals surface area contributed by atoms with Gasteiger partial charge in [0.2, 0.25) is 0 Å². The molecule has 2 aromatic rings. The van der Waals surface area contributed by atoms with Crippen molar-refractivity contribution in [2.75, 3.05) is 0 Å². The van der Waals surface area contributed by atoms with Crippen molar-refractivity contribution >= 4 is 5.57 Å². The molecule has 0 fully saturated rings. The van der Waals surface area contributed by atoms with Crippen molar-refractivity contribution in [1.82, 2.24) is 4.98 Å². The topological polar surface area (TPSA) is 16.8 Å². The van der Waals surface area contributed by atoms with Gasteiger partial charge in [-0.05, 0) is 66.3 Å². The van der Waals surface area contributed by atoms with Gasteiger partial charge in [0.25, 0.3) is 6.33 Å². The molecule has 0 N–H and O–H groups in total. The predicted octanol–water partition coefficient (Wildman–Crippen LogP) is 7.18. The summed E-state index contributed by atoms with van der Waals surface area (Å²) in [6.45, 7) is 16.9. The average Bonchev–Trinajstić information content (AvgIpc) is 2.80. The number of benzene rings is 1. The fourth-order valence-electron chi connectivity index (χ4n) is 5.05. The van der Waals surface area contributed by atoms with E-state index in [2.05, 4.69) is 108 Å². The molecule has 0 amide bonds. The molecule has 0 saturated carbocycles. The van der Waals surface area contributed by atoms with Gasteiger partial charge >= 0.3 is 0 Å². The number of allylic oxidation sites excluding steroid dienone is 8. The van der Waals surface area contributed by atoms with Gasteiger partial charge in [-0.2, -0.15) is 0 Å². The monoisotopic (exact) mass is 425 g/mol. The number of fused-ring (bicyclic) bond motifs is 1. The van der Waals surface area contributed by atoms with E-state index in [0.717, 1.165) is 18.7 Å². The van der Waals surface area contributed by atoms with Crippen LogP contribution >= 0.6 is 0 Å².